The Balaban J connectivity index is 1.48. The number of rotatable bonds is 5. The Hall–Kier alpha value is -2.60. The molecule has 0 radical (unpaired) electrons. The van der Waals surface area contributed by atoms with Crippen LogP contribution in [-0.2, 0) is 17.8 Å². The molecule has 3 aromatic rings. The highest BCUT2D eigenvalue weighted by Crippen LogP contribution is 2.31. The van der Waals surface area contributed by atoms with Gasteiger partial charge in [-0.15, -0.1) is 0 Å². The van der Waals surface area contributed by atoms with Gasteiger partial charge in [0.15, 0.2) is 0 Å². The monoisotopic (exact) mass is 398 g/mol. The third kappa shape index (κ3) is 4.28. The molecule has 0 spiro atoms. The largest absolute Gasteiger partial charge is 0.443 e. The second-order valence-electron chi connectivity index (χ2n) is 7.29. The molecule has 1 aliphatic rings. The Kier molecular flexibility index (Phi) is 5.48. The molecule has 0 bridgehead atoms. The number of piperidine rings is 1. The van der Waals surface area contributed by atoms with Crippen LogP contribution in [0.2, 0.25) is 5.02 Å². The van der Waals surface area contributed by atoms with Crippen molar-refractivity contribution in [2.75, 3.05) is 6.54 Å². The SMILES string of the molecule is Cc1cnn(CC(=O)N2CCCC[C@H]2c2ncc(Cc3cccc(Cl)c3)o2)c1. The molecule has 1 atom stereocenters. The zero-order valence-corrected chi connectivity index (χ0v) is 16.6. The molecule has 146 valence electrons. The van der Waals surface area contributed by atoms with E-state index < -0.39 is 0 Å². The fraction of sp³-hybridized carbons (Fsp3) is 0.381. The number of hydrogen-bond donors (Lipinski definition) is 0. The van der Waals surface area contributed by atoms with Crippen LogP contribution < -0.4 is 0 Å². The lowest BCUT2D eigenvalue weighted by Gasteiger charge is -2.33. The summed E-state index contributed by atoms with van der Waals surface area (Å²) >= 11 is 6.06. The van der Waals surface area contributed by atoms with E-state index in [4.69, 9.17) is 16.0 Å². The molecule has 1 amide bonds. The number of oxazole rings is 1. The van der Waals surface area contributed by atoms with E-state index in [9.17, 15) is 4.79 Å². The number of carbonyl (C=O) groups excluding carboxylic acids is 1. The van der Waals surface area contributed by atoms with E-state index in [0.717, 1.165) is 42.7 Å². The molecule has 1 saturated heterocycles. The summed E-state index contributed by atoms with van der Waals surface area (Å²) in [4.78, 5) is 19.2. The first-order valence-corrected chi connectivity index (χ1v) is 9.94. The molecule has 0 unspecified atom stereocenters. The zero-order valence-electron chi connectivity index (χ0n) is 15.8. The van der Waals surface area contributed by atoms with Crippen molar-refractivity contribution in [3.63, 3.8) is 0 Å². The van der Waals surface area contributed by atoms with Gasteiger partial charge in [0, 0.05) is 24.2 Å². The quantitative estimate of drug-likeness (QED) is 0.646. The highest BCUT2D eigenvalue weighted by atomic mass is 35.5. The van der Waals surface area contributed by atoms with Crippen LogP contribution in [-0.4, -0.2) is 32.1 Å². The number of hydrogen-bond acceptors (Lipinski definition) is 4. The van der Waals surface area contributed by atoms with Crippen molar-refractivity contribution in [3.05, 3.63) is 70.7 Å². The van der Waals surface area contributed by atoms with Gasteiger partial charge in [0.1, 0.15) is 18.3 Å². The maximum Gasteiger partial charge on any atom is 0.244 e. The molecular formula is C21H23ClN4O2. The predicted octanol–water partition coefficient (Wildman–Crippen LogP) is 4.18. The molecule has 1 aromatic carbocycles. The van der Waals surface area contributed by atoms with Gasteiger partial charge in [-0.3, -0.25) is 9.48 Å². The molecule has 0 aliphatic carbocycles. The van der Waals surface area contributed by atoms with Crippen molar-refractivity contribution in [3.8, 4) is 0 Å². The Morgan fingerprint density at radius 2 is 2.21 bits per heavy atom. The molecular weight excluding hydrogens is 376 g/mol. The van der Waals surface area contributed by atoms with Crippen molar-refractivity contribution in [2.45, 2.75) is 45.2 Å². The predicted molar refractivity (Wildman–Crippen MR) is 106 cm³/mol. The standard InChI is InChI=1S/C21H23ClN4O2/c1-15-11-24-25(13-15)14-20(27)26-8-3-2-7-19(26)21-23-12-18(28-21)10-16-5-4-6-17(22)9-16/h4-6,9,11-13,19H,2-3,7-8,10,14H2,1H3/t19-/m0/s1. The summed E-state index contributed by atoms with van der Waals surface area (Å²) in [7, 11) is 0. The van der Waals surface area contributed by atoms with Crippen LogP contribution in [0.25, 0.3) is 0 Å². The van der Waals surface area contributed by atoms with Crippen LogP contribution in [0.3, 0.4) is 0 Å². The van der Waals surface area contributed by atoms with E-state index in [1.807, 2.05) is 42.3 Å². The molecule has 2 aromatic heterocycles. The summed E-state index contributed by atoms with van der Waals surface area (Å²) in [5.41, 5.74) is 2.11. The minimum Gasteiger partial charge on any atom is -0.443 e. The number of nitrogens with zero attached hydrogens (tertiary/aromatic N) is 4. The normalized spacial score (nSPS) is 17.1. The van der Waals surface area contributed by atoms with Crippen molar-refractivity contribution < 1.29 is 9.21 Å². The van der Waals surface area contributed by atoms with Crippen LogP contribution in [0, 0.1) is 6.92 Å². The van der Waals surface area contributed by atoms with E-state index in [-0.39, 0.29) is 18.5 Å². The first-order valence-electron chi connectivity index (χ1n) is 9.56. The number of amides is 1. The van der Waals surface area contributed by atoms with Gasteiger partial charge in [-0.2, -0.15) is 5.10 Å². The van der Waals surface area contributed by atoms with Crippen molar-refractivity contribution >= 4 is 17.5 Å². The van der Waals surface area contributed by atoms with E-state index >= 15 is 0 Å². The summed E-state index contributed by atoms with van der Waals surface area (Å²) in [6.07, 6.45) is 8.94. The Morgan fingerprint density at radius 1 is 1.32 bits per heavy atom. The third-order valence-corrected chi connectivity index (χ3v) is 5.24. The van der Waals surface area contributed by atoms with Crippen LogP contribution in [0.5, 0.6) is 0 Å². The van der Waals surface area contributed by atoms with Gasteiger partial charge in [-0.1, -0.05) is 23.7 Å². The summed E-state index contributed by atoms with van der Waals surface area (Å²) in [6.45, 7) is 2.92. The van der Waals surface area contributed by atoms with Crippen molar-refractivity contribution in [1.29, 1.82) is 0 Å². The fourth-order valence-electron chi connectivity index (χ4n) is 3.68. The third-order valence-electron chi connectivity index (χ3n) is 5.01. The van der Waals surface area contributed by atoms with Crippen molar-refractivity contribution in [1.82, 2.24) is 19.7 Å². The number of aryl methyl sites for hydroxylation is 1. The minimum absolute atomic E-state index is 0.0439. The molecule has 0 saturated carbocycles. The molecule has 1 fully saturated rings. The first kappa shape index (κ1) is 18.7. The summed E-state index contributed by atoms with van der Waals surface area (Å²) in [6, 6.07) is 7.59. The van der Waals surface area contributed by atoms with Crippen LogP contribution in [0.1, 0.15) is 48.1 Å². The fourth-order valence-corrected chi connectivity index (χ4v) is 3.89. The molecule has 7 heteroatoms. The second kappa shape index (κ2) is 8.19. The van der Waals surface area contributed by atoms with E-state index in [1.54, 1.807) is 17.1 Å². The maximum atomic E-state index is 12.9. The Labute approximate surface area is 169 Å². The lowest BCUT2D eigenvalue weighted by molar-refractivity contribution is -0.136. The molecule has 6 nitrogen and oxygen atoms in total. The van der Waals surface area contributed by atoms with Crippen LogP contribution in [0.15, 0.2) is 47.3 Å². The lowest BCUT2D eigenvalue weighted by Crippen LogP contribution is -2.40. The number of benzene rings is 1. The highest BCUT2D eigenvalue weighted by Gasteiger charge is 2.31. The second-order valence-corrected chi connectivity index (χ2v) is 7.72. The number of carbonyl (C=O) groups is 1. The number of halogens is 1. The average Bonchev–Trinajstić information content (AvgIpc) is 3.31. The van der Waals surface area contributed by atoms with Gasteiger partial charge in [0.25, 0.3) is 0 Å². The van der Waals surface area contributed by atoms with E-state index in [1.165, 1.54) is 0 Å². The minimum atomic E-state index is -0.119. The molecule has 0 N–H and O–H groups in total. The Bertz CT molecular complexity index is 965. The highest BCUT2D eigenvalue weighted by molar-refractivity contribution is 6.30. The maximum absolute atomic E-state index is 12.9. The van der Waals surface area contributed by atoms with Gasteiger partial charge in [-0.05, 0) is 49.4 Å². The van der Waals surface area contributed by atoms with E-state index in [2.05, 4.69) is 10.1 Å². The molecule has 1 aliphatic heterocycles. The summed E-state index contributed by atoms with van der Waals surface area (Å²) in [5, 5.41) is 4.93. The number of likely N-dealkylation sites (tertiary alicyclic amines) is 1. The molecule has 28 heavy (non-hydrogen) atoms. The Morgan fingerprint density at radius 3 is 3.00 bits per heavy atom. The van der Waals surface area contributed by atoms with Gasteiger partial charge in [0.2, 0.25) is 11.8 Å². The summed E-state index contributed by atoms with van der Waals surface area (Å²) in [5.74, 6) is 1.43. The zero-order chi connectivity index (χ0) is 19.5. The average molecular weight is 399 g/mol. The number of aromatic nitrogens is 3. The van der Waals surface area contributed by atoms with Gasteiger partial charge < -0.3 is 9.32 Å². The van der Waals surface area contributed by atoms with Crippen molar-refractivity contribution in [2.24, 2.45) is 0 Å². The van der Waals surface area contributed by atoms with Crippen LogP contribution in [0.4, 0.5) is 0 Å². The molecule has 4 rings (SSSR count). The van der Waals surface area contributed by atoms with Gasteiger partial charge in [-0.25, -0.2) is 4.98 Å². The van der Waals surface area contributed by atoms with Gasteiger partial charge in [0.05, 0.1) is 12.4 Å². The first-order chi connectivity index (χ1) is 13.6. The lowest BCUT2D eigenvalue weighted by atomic mass is 10.0. The topological polar surface area (TPSA) is 64.2 Å². The van der Waals surface area contributed by atoms with Gasteiger partial charge >= 0.3 is 0 Å². The molecule has 3 heterocycles. The van der Waals surface area contributed by atoms with E-state index in [0.29, 0.717) is 17.3 Å². The smallest absolute Gasteiger partial charge is 0.244 e. The van der Waals surface area contributed by atoms with Crippen LogP contribution >= 0.6 is 11.6 Å². The summed E-state index contributed by atoms with van der Waals surface area (Å²) < 4.78 is 7.72.